The molecular formula is C20H18F2N6O2S. The van der Waals surface area contributed by atoms with Gasteiger partial charge < -0.3 is 14.6 Å². The maximum atomic E-state index is 12.9. The van der Waals surface area contributed by atoms with Gasteiger partial charge in [-0.15, -0.1) is 0 Å². The van der Waals surface area contributed by atoms with E-state index >= 15 is 0 Å². The maximum absolute atomic E-state index is 12.9. The molecule has 0 radical (unpaired) electrons. The normalized spacial score (nSPS) is 11.2. The number of halogens is 2. The summed E-state index contributed by atoms with van der Waals surface area (Å²) in [5.74, 6) is -1.31. The summed E-state index contributed by atoms with van der Waals surface area (Å²) in [4.78, 5) is 21.0. The van der Waals surface area contributed by atoms with Crippen LogP contribution < -0.4 is 10.1 Å². The van der Waals surface area contributed by atoms with Crippen LogP contribution in [0.1, 0.15) is 5.82 Å². The van der Waals surface area contributed by atoms with Crippen LogP contribution in [0.15, 0.2) is 53.7 Å². The second-order valence-corrected chi connectivity index (χ2v) is 7.42. The number of carbonyl (C=O) groups is 1. The van der Waals surface area contributed by atoms with Gasteiger partial charge in [-0.25, -0.2) is 9.97 Å². The lowest BCUT2D eigenvalue weighted by molar-refractivity contribution is -0.121. The molecule has 4 rings (SSSR count). The van der Waals surface area contributed by atoms with Gasteiger partial charge in [0.1, 0.15) is 18.1 Å². The van der Waals surface area contributed by atoms with Gasteiger partial charge in [-0.05, 0) is 48.2 Å². The van der Waals surface area contributed by atoms with Crippen molar-refractivity contribution in [3.05, 3.63) is 54.4 Å². The summed E-state index contributed by atoms with van der Waals surface area (Å²) in [6, 6.07) is 14.3. The first-order valence-corrected chi connectivity index (χ1v) is 10.1. The number of nitrogens with zero attached hydrogens (tertiary/aromatic N) is 4. The van der Waals surface area contributed by atoms with Gasteiger partial charge in [0.25, 0.3) is 5.76 Å². The largest absolute Gasteiger partial charge is 0.497 e. The van der Waals surface area contributed by atoms with E-state index in [2.05, 4.69) is 25.5 Å². The molecule has 11 heteroatoms. The first-order chi connectivity index (χ1) is 15.0. The molecular weight excluding hydrogens is 426 g/mol. The molecule has 0 fully saturated rings. The van der Waals surface area contributed by atoms with E-state index in [0.717, 1.165) is 11.3 Å². The monoisotopic (exact) mass is 444 g/mol. The number of hydrogen-bond acceptors (Lipinski definition) is 6. The Morgan fingerprint density at radius 1 is 1.19 bits per heavy atom. The van der Waals surface area contributed by atoms with Crippen LogP contribution in [0.4, 0.5) is 8.78 Å². The van der Waals surface area contributed by atoms with Gasteiger partial charge in [0.2, 0.25) is 5.91 Å². The van der Waals surface area contributed by atoms with Crippen LogP contribution in [0.2, 0.25) is 0 Å². The number of aromatic nitrogens is 5. The van der Waals surface area contributed by atoms with Gasteiger partial charge in [0, 0.05) is 5.56 Å². The van der Waals surface area contributed by atoms with E-state index < -0.39 is 5.76 Å². The number of imidazole rings is 1. The van der Waals surface area contributed by atoms with Crippen molar-refractivity contribution in [3.63, 3.8) is 0 Å². The zero-order chi connectivity index (χ0) is 21.8. The fraction of sp³-hybridized carbons (Fsp3) is 0.200. The number of methoxy groups -OCH3 is 1. The van der Waals surface area contributed by atoms with Crippen LogP contribution in [0.3, 0.4) is 0 Å². The highest BCUT2D eigenvalue weighted by atomic mass is 32.2. The number of amides is 1. The number of aromatic amines is 1. The number of ether oxygens (including phenoxy) is 1. The van der Waals surface area contributed by atoms with Crippen LogP contribution in [0.5, 0.6) is 5.75 Å². The van der Waals surface area contributed by atoms with Crippen LogP contribution in [0.25, 0.3) is 22.4 Å². The highest BCUT2D eigenvalue weighted by molar-refractivity contribution is 7.99. The van der Waals surface area contributed by atoms with Gasteiger partial charge in [-0.2, -0.15) is 13.9 Å². The molecule has 0 unspecified atom stereocenters. The molecule has 2 heterocycles. The Morgan fingerprint density at radius 2 is 1.97 bits per heavy atom. The predicted octanol–water partition coefficient (Wildman–Crippen LogP) is 3.46. The molecule has 0 saturated carbocycles. The number of hydrogen-bond donors (Lipinski definition) is 2. The van der Waals surface area contributed by atoms with Crippen molar-refractivity contribution in [2.45, 2.75) is 24.0 Å². The number of fused-ring (bicyclic) bond motifs is 1. The summed E-state index contributed by atoms with van der Waals surface area (Å²) in [5.41, 5.74) is 1.97. The topological polar surface area (TPSA) is 97.7 Å². The number of benzene rings is 2. The Balaban J connectivity index is 1.42. The minimum absolute atomic E-state index is 0.0906. The van der Waals surface area contributed by atoms with Crippen molar-refractivity contribution < 1.29 is 18.3 Å². The Bertz CT molecular complexity index is 1190. The smallest absolute Gasteiger partial charge is 0.291 e. The minimum Gasteiger partial charge on any atom is -0.497 e. The van der Waals surface area contributed by atoms with E-state index in [9.17, 15) is 13.6 Å². The molecule has 0 spiro atoms. The third-order valence-electron chi connectivity index (χ3n) is 4.45. The fourth-order valence-corrected chi connectivity index (χ4v) is 3.60. The quantitative estimate of drug-likeness (QED) is 0.404. The van der Waals surface area contributed by atoms with E-state index in [4.69, 9.17) is 4.74 Å². The predicted molar refractivity (Wildman–Crippen MR) is 112 cm³/mol. The van der Waals surface area contributed by atoms with Crippen molar-refractivity contribution in [1.29, 1.82) is 0 Å². The van der Waals surface area contributed by atoms with Crippen LogP contribution in [0, 0.1) is 0 Å². The van der Waals surface area contributed by atoms with Gasteiger partial charge in [0.05, 0.1) is 24.7 Å². The van der Waals surface area contributed by atoms with Crippen molar-refractivity contribution in [1.82, 2.24) is 30.0 Å². The summed E-state index contributed by atoms with van der Waals surface area (Å²) in [7, 11) is 1.59. The lowest BCUT2D eigenvalue weighted by Crippen LogP contribution is -2.27. The molecule has 0 aliphatic rings. The van der Waals surface area contributed by atoms with Gasteiger partial charge in [0.15, 0.2) is 11.0 Å². The summed E-state index contributed by atoms with van der Waals surface area (Å²) in [6.07, 6.45) is 0. The molecule has 31 heavy (non-hydrogen) atoms. The summed E-state index contributed by atoms with van der Waals surface area (Å²) >= 11 is 0.312. The molecule has 8 nitrogen and oxygen atoms in total. The van der Waals surface area contributed by atoms with Crippen molar-refractivity contribution >= 4 is 28.7 Å². The second-order valence-electron chi connectivity index (χ2n) is 6.46. The van der Waals surface area contributed by atoms with Crippen LogP contribution in [-0.4, -0.2) is 43.5 Å². The molecule has 2 aromatic heterocycles. The molecule has 0 saturated heterocycles. The number of thioether (sulfide) groups is 1. The lowest BCUT2D eigenvalue weighted by atomic mass is 10.2. The molecule has 0 aliphatic carbocycles. The molecule has 0 aliphatic heterocycles. The Morgan fingerprint density at radius 3 is 2.71 bits per heavy atom. The molecule has 0 atom stereocenters. The molecule has 1 amide bonds. The lowest BCUT2D eigenvalue weighted by Gasteiger charge is -2.08. The number of rotatable bonds is 8. The molecule has 2 aromatic carbocycles. The van der Waals surface area contributed by atoms with Crippen molar-refractivity contribution in [3.8, 4) is 17.1 Å². The molecule has 0 bridgehead atoms. The van der Waals surface area contributed by atoms with E-state index in [1.54, 1.807) is 43.5 Å². The van der Waals surface area contributed by atoms with Gasteiger partial charge in [-0.1, -0.05) is 12.1 Å². The number of carbonyl (C=O) groups excluding carboxylic acids is 1. The summed E-state index contributed by atoms with van der Waals surface area (Å²) < 4.78 is 32.4. The average molecular weight is 444 g/mol. The summed E-state index contributed by atoms with van der Waals surface area (Å²) in [6.45, 7) is -0.0268. The number of nitrogens with one attached hydrogen (secondary N) is 2. The Labute approximate surface area is 180 Å². The first kappa shape index (κ1) is 20.8. The van der Waals surface area contributed by atoms with Crippen LogP contribution >= 0.6 is 11.8 Å². The SMILES string of the molecule is COc1ccc(-c2n[nH]c(CNC(=O)Cn3c(SC(F)F)nc4ccccc43)n2)cc1. The highest BCUT2D eigenvalue weighted by Gasteiger charge is 2.18. The highest BCUT2D eigenvalue weighted by Crippen LogP contribution is 2.28. The van der Waals surface area contributed by atoms with E-state index in [1.165, 1.54) is 4.57 Å². The zero-order valence-corrected chi connectivity index (χ0v) is 17.2. The van der Waals surface area contributed by atoms with E-state index in [1.807, 2.05) is 12.1 Å². The Hall–Kier alpha value is -3.47. The minimum atomic E-state index is -2.64. The molecule has 4 aromatic rings. The second kappa shape index (κ2) is 9.13. The van der Waals surface area contributed by atoms with Crippen LogP contribution in [-0.2, 0) is 17.9 Å². The number of alkyl halides is 2. The number of para-hydroxylation sites is 2. The molecule has 2 N–H and O–H groups in total. The third kappa shape index (κ3) is 4.82. The van der Waals surface area contributed by atoms with Crippen molar-refractivity contribution in [2.75, 3.05) is 7.11 Å². The Kier molecular flexibility index (Phi) is 6.12. The standard InChI is InChI=1S/C20H18F2N6O2S/c1-30-13-8-6-12(7-9-13)18-25-16(26-27-18)10-23-17(29)11-28-15-5-3-2-4-14(15)24-20(28)31-19(21)22/h2-9,19H,10-11H2,1H3,(H,23,29)(H,25,26,27). The average Bonchev–Trinajstić information content (AvgIpc) is 3.37. The maximum Gasteiger partial charge on any atom is 0.291 e. The number of H-pyrrole nitrogens is 1. The van der Waals surface area contributed by atoms with E-state index in [-0.39, 0.29) is 24.2 Å². The third-order valence-corrected chi connectivity index (χ3v) is 5.15. The first-order valence-electron chi connectivity index (χ1n) is 9.26. The van der Waals surface area contributed by atoms with Gasteiger partial charge in [-0.3, -0.25) is 9.89 Å². The van der Waals surface area contributed by atoms with E-state index in [0.29, 0.717) is 34.4 Å². The zero-order valence-electron chi connectivity index (χ0n) is 16.4. The van der Waals surface area contributed by atoms with Gasteiger partial charge >= 0.3 is 0 Å². The molecule has 160 valence electrons. The fourth-order valence-electron chi connectivity index (χ4n) is 3.00. The van der Waals surface area contributed by atoms with Crippen molar-refractivity contribution in [2.24, 2.45) is 0 Å². The summed E-state index contributed by atoms with van der Waals surface area (Å²) in [5, 5.41) is 9.76.